The number of hydrogen-bond acceptors (Lipinski definition) is 3. The highest BCUT2D eigenvalue weighted by Gasteiger charge is 2.27. The van der Waals surface area contributed by atoms with Gasteiger partial charge in [0, 0.05) is 31.7 Å². The predicted molar refractivity (Wildman–Crippen MR) is 77.0 cm³/mol. The molecule has 1 aliphatic heterocycles. The van der Waals surface area contributed by atoms with Crippen LogP contribution in [0.1, 0.15) is 17.2 Å². The molecule has 0 unspecified atom stereocenters. The molecular formula is C15H16F2N2S. The van der Waals surface area contributed by atoms with Crippen LogP contribution in [0.15, 0.2) is 35.0 Å². The second-order valence-corrected chi connectivity index (χ2v) is 5.67. The van der Waals surface area contributed by atoms with Gasteiger partial charge in [0.25, 0.3) is 0 Å². The molecule has 0 aliphatic carbocycles. The Morgan fingerprint density at radius 3 is 2.65 bits per heavy atom. The fraction of sp³-hybridized carbons (Fsp3) is 0.333. The molecule has 2 aromatic rings. The van der Waals surface area contributed by atoms with E-state index in [1.165, 1.54) is 6.07 Å². The lowest BCUT2D eigenvalue weighted by atomic mass is 9.98. The third kappa shape index (κ3) is 2.61. The van der Waals surface area contributed by atoms with Crippen molar-refractivity contribution in [3.05, 3.63) is 57.8 Å². The summed E-state index contributed by atoms with van der Waals surface area (Å²) in [5.74, 6) is -1.51. The summed E-state index contributed by atoms with van der Waals surface area (Å²) in [5.41, 5.74) is 1.45. The topological polar surface area (TPSA) is 15.3 Å². The van der Waals surface area contributed by atoms with Gasteiger partial charge in [-0.1, -0.05) is 12.1 Å². The van der Waals surface area contributed by atoms with Crippen LogP contribution in [0.2, 0.25) is 0 Å². The maximum Gasteiger partial charge on any atom is 0.163 e. The van der Waals surface area contributed by atoms with E-state index in [-0.39, 0.29) is 6.04 Å². The van der Waals surface area contributed by atoms with E-state index in [0.29, 0.717) is 5.56 Å². The summed E-state index contributed by atoms with van der Waals surface area (Å²) in [6, 6.07) is 6.21. The molecule has 0 bridgehead atoms. The third-order valence-corrected chi connectivity index (χ3v) is 4.35. The molecule has 1 N–H and O–H groups in total. The summed E-state index contributed by atoms with van der Waals surface area (Å²) in [5, 5.41) is 7.27. The summed E-state index contributed by atoms with van der Waals surface area (Å²) in [6.45, 7) is 3.40. The number of rotatable bonds is 3. The van der Waals surface area contributed by atoms with Crippen LogP contribution in [0.5, 0.6) is 0 Å². The van der Waals surface area contributed by atoms with Gasteiger partial charge in [-0.3, -0.25) is 4.90 Å². The second kappa shape index (κ2) is 5.99. The molecule has 0 amide bonds. The molecule has 106 valence electrons. The van der Waals surface area contributed by atoms with Gasteiger partial charge in [-0.05, 0) is 28.5 Å². The molecule has 1 aliphatic rings. The molecule has 2 heterocycles. The van der Waals surface area contributed by atoms with E-state index in [9.17, 15) is 8.78 Å². The first-order valence-corrected chi connectivity index (χ1v) is 7.62. The maximum atomic E-state index is 14.2. The highest BCUT2D eigenvalue weighted by atomic mass is 32.1. The number of hydrogen-bond donors (Lipinski definition) is 1. The Balaban J connectivity index is 2.03. The number of piperazine rings is 1. The van der Waals surface area contributed by atoms with Gasteiger partial charge in [0.05, 0.1) is 6.04 Å². The minimum atomic E-state index is -0.780. The minimum absolute atomic E-state index is 0.209. The predicted octanol–water partition coefficient (Wildman–Crippen LogP) is 3.02. The molecule has 2 nitrogen and oxygen atoms in total. The van der Waals surface area contributed by atoms with Crippen LogP contribution < -0.4 is 5.32 Å². The van der Waals surface area contributed by atoms with E-state index in [1.54, 1.807) is 23.5 Å². The average molecular weight is 294 g/mol. The fourth-order valence-corrected chi connectivity index (χ4v) is 3.37. The second-order valence-electron chi connectivity index (χ2n) is 4.89. The summed E-state index contributed by atoms with van der Waals surface area (Å²) >= 11 is 1.58. The summed E-state index contributed by atoms with van der Waals surface area (Å²) < 4.78 is 27.7. The zero-order chi connectivity index (χ0) is 13.9. The first-order valence-electron chi connectivity index (χ1n) is 6.68. The van der Waals surface area contributed by atoms with E-state index in [4.69, 9.17) is 0 Å². The van der Waals surface area contributed by atoms with Crippen LogP contribution >= 0.6 is 11.3 Å². The lowest BCUT2D eigenvalue weighted by molar-refractivity contribution is 0.195. The van der Waals surface area contributed by atoms with Gasteiger partial charge in [0.1, 0.15) is 0 Å². The molecule has 1 atom stereocenters. The Morgan fingerprint density at radius 1 is 1.15 bits per heavy atom. The van der Waals surface area contributed by atoms with Gasteiger partial charge >= 0.3 is 0 Å². The Hall–Kier alpha value is -1.30. The van der Waals surface area contributed by atoms with E-state index in [2.05, 4.69) is 10.2 Å². The smallest absolute Gasteiger partial charge is 0.163 e. The average Bonchev–Trinajstić information content (AvgIpc) is 2.99. The van der Waals surface area contributed by atoms with Crippen molar-refractivity contribution in [2.45, 2.75) is 6.04 Å². The van der Waals surface area contributed by atoms with E-state index >= 15 is 0 Å². The lowest BCUT2D eigenvalue weighted by Crippen LogP contribution is -2.45. The number of nitrogens with one attached hydrogen (secondary N) is 1. The monoisotopic (exact) mass is 294 g/mol. The van der Waals surface area contributed by atoms with Gasteiger partial charge < -0.3 is 5.32 Å². The van der Waals surface area contributed by atoms with Crippen molar-refractivity contribution in [3.8, 4) is 0 Å². The highest BCUT2D eigenvalue weighted by Crippen LogP contribution is 2.32. The van der Waals surface area contributed by atoms with Crippen LogP contribution in [-0.4, -0.2) is 31.1 Å². The molecule has 20 heavy (non-hydrogen) atoms. The molecule has 5 heteroatoms. The highest BCUT2D eigenvalue weighted by molar-refractivity contribution is 7.08. The Morgan fingerprint density at radius 2 is 1.95 bits per heavy atom. The quantitative estimate of drug-likeness (QED) is 0.936. The summed E-state index contributed by atoms with van der Waals surface area (Å²) in [6.07, 6.45) is 0. The SMILES string of the molecule is Fc1cccc([C@H](c2ccsc2)N2CCNCC2)c1F. The number of thiophene rings is 1. The summed E-state index contributed by atoms with van der Waals surface area (Å²) in [4.78, 5) is 2.20. The van der Waals surface area contributed by atoms with Crippen molar-refractivity contribution in [1.82, 2.24) is 10.2 Å². The van der Waals surface area contributed by atoms with E-state index in [1.807, 2.05) is 16.8 Å². The minimum Gasteiger partial charge on any atom is -0.314 e. The van der Waals surface area contributed by atoms with Crippen molar-refractivity contribution in [2.24, 2.45) is 0 Å². The number of nitrogens with zero attached hydrogens (tertiary/aromatic N) is 1. The standard InChI is InChI=1S/C15H16F2N2S/c16-13-3-1-2-12(14(13)17)15(11-4-9-20-10-11)19-7-5-18-6-8-19/h1-4,9-10,15,18H,5-8H2/t15-/m0/s1. The molecule has 1 saturated heterocycles. The zero-order valence-electron chi connectivity index (χ0n) is 11.0. The van der Waals surface area contributed by atoms with Crippen molar-refractivity contribution in [2.75, 3.05) is 26.2 Å². The molecule has 1 aromatic carbocycles. The molecule has 0 saturated carbocycles. The van der Waals surface area contributed by atoms with Gasteiger partial charge in [0.2, 0.25) is 0 Å². The summed E-state index contributed by atoms with van der Waals surface area (Å²) in [7, 11) is 0. The molecule has 0 radical (unpaired) electrons. The van der Waals surface area contributed by atoms with Crippen molar-refractivity contribution in [3.63, 3.8) is 0 Å². The Kier molecular flexibility index (Phi) is 4.10. The van der Waals surface area contributed by atoms with Crippen LogP contribution in [0.3, 0.4) is 0 Å². The van der Waals surface area contributed by atoms with Crippen LogP contribution in [0.25, 0.3) is 0 Å². The van der Waals surface area contributed by atoms with Gasteiger partial charge in [-0.2, -0.15) is 11.3 Å². The molecular weight excluding hydrogens is 278 g/mol. The molecule has 1 fully saturated rings. The van der Waals surface area contributed by atoms with E-state index in [0.717, 1.165) is 31.7 Å². The van der Waals surface area contributed by atoms with Gasteiger partial charge in [0.15, 0.2) is 11.6 Å². The van der Waals surface area contributed by atoms with Crippen molar-refractivity contribution < 1.29 is 8.78 Å². The number of benzene rings is 1. The normalized spacial score (nSPS) is 18.1. The van der Waals surface area contributed by atoms with E-state index < -0.39 is 11.6 Å². The Bertz CT molecular complexity index is 565. The van der Waals surface area contributed by atoms with Crippen LogP contribution in [-0.2, 0) is 0 Å². The van der Waals surface area contributed by atoms with Crippen molar-refractivity contribution in [1.29, 1.82) is 0 Å². The third-order valence-electron chi connectivity index (χ3n) is 3.65. The molecule has 3 rings (SSSR count). The van der Waals surface area contributed by atoms with Crippen molar-refractivity contribution >= 4 is 11.3 Å². The first kappa shape index (κ1) is 13.7. The lowest BCUT2D eigenvalue weighted by Gasteiger charge is -2.35. The maximum absolute atomic E-state index is 14.2. The fourth-order valence-electron chi connectivity index (χ4n) is 2.69. The van der Waals surface area contributed by atoms with Gasteiger partial charge in [-0.15, -0.1) is 0 Å². The largest absolute Gasteiger partial charge is 0.314 e. The first-order chi connectivity index (χ1) is 9.77. The Labute approximate surface area is 121 Å². The molecule has 1 aromatic heterocycles. The van der Waals surface area contributed by atoms with Gasteiger partial charge in [-0.25, -0.2) is 8.78 Å². The zero-order valence-corrected chi connectivity index (χ0v) is 11.8. The van der Waals surface area contributed by atoms with Crippen LogP contribution in [0, 0.1) is 11.6 Å². The molecule has 0 spiro atoms. The number of halogens is 2. The van der Waals surface area contributed by atoms with Crippen LogP contribution in [0.4, 0.5) is 8.78 Å².